The van der Waals surface area contributed by atoms with E-state index in [2.05, 4.69) is 10.4 Å². The largest absolute Gasteiger partial charge is 0.508 e. The minimum absolute atomic E-state index is 0.181. The van der Waals surface area contributed by atoms with Crippen molar-refractivity contribution in [2.75, 3.05) is 12.4 Å². The van der Waals surface area contributed by atoms with Gasteiger partial charge in [-0.3, -0.25) is 4.79 Å². The van der Waals surface area contributed by atoms with Crippen LogP contribution in [-0.2, 0) is 0 Å². The third-order valence-corrected chi connectivity index (χ3v) is 4.72. The maximum absolute atomic E-state index is 13.0. The molecule has 0 atom stereocenters. The van der Waals surface area contributed by atoms with Crippen LogP contribution in [0.4, 0.5) is 5.69 Å². The van der Waals surface area contributed by atoms with Crippen molar-refractivity contribution >= 4 is 11.5 Å². The number of hydrogen-bond acceptors (Lipinski definition) is 5. The fraction of sp³-hybridized carbons (Fsp3) is 0.0400. The molecule has 0 aliphatic heterocycles. The number of nitrogens with zero attached hydrogens (tertiary/aromatic N) is 2. The number of carbonyl (C=O) groups excluding carboxylic acids is 1. The molecule has 0 spiro atoms. The number of ether oxygens (including phenoxy) is 1. The molecule has 0 radical (unpaired) electrons. The third kappa shape index (κ3) is 4.64. The summed E-state index contributed by atoms with van der Waals surface area (Å²) in [5, 5.41) is 17.1. The number of ketones is 1. The molecule has 0 unspecified atom stereocenters. The van der Waals surface area contributed by atoms with Crippen molar-refractivity contribution < 1.29 is 14.6 Å². The second-order valence-corrected chi connectivity index (χ2v) is 6.79. The van der Waals surface area contributed by atoms with E-state index in [-0.39, 0.29) is 11.5 Å². The second kappa shape index (κ2) is 9.00. The van der Waals surface area contributed by atoms with Crippen molar-refractivity contribution in [1.29, 1.82) is 0 Å². The Morgan fingerprint density at radius 3 is 2.39 bits per heavy atom. The number of anilines is 1. The molecule has 0 saturated heterocycles. The summed E-state index contributed by atoms with van der Waals surface area (Å²) in [6.45, 7) is 0. The number of hydrogen-bond donors (Lipinski definition) is 2. The van der Waals surface area contributed by atoms with Crippen molar-refractivity contribution in [3.05, 3.63) is 103 Å². The van der Waals surface area contributed by atoms with E-state index >= 15 is 0 Å². The fourth-order valence-corrected chi connectivity index (χ4v) is 3.09. The summed E-state index contributed by atoms with van der Waals surface area (Å²) in [5.74, 6) is 0.736. The predicted molar refractivity (Wildman–Crippen MR) is 121 cm³/mol. The zero-order valence-electron chi connectivity index (χ0n) is 16.9. The highest BCUT2D eigenvalue weighted by Gasteiger charge is 2.17. The lowest BCUT2D eigenvalue weighted by Gasteiger charge is -2.03. The van der Waals surface area contributed by atoms with E-state index in [1.807, 2.05) is 54.6 Å². The molecular weight excluding hydrogens is 390 g/mol. The van der Waals surface area contributed by atoms with Gasteiger partial charge in [-0.1, -0.05) is 18.2 Å². The van der Waals surface area contributed by atoms with E-state index in [1.54, 1.807) is 48.5 Å². The molecule has 154 valence electrons. The van der Waals surface area contributed by atoms with E-state index in [0.717, 1.165) is 22.7 Å². The number of para-hydroxylation sites is 1. The summed E-state index contributed by atoms with van der Waals surface area (Å²) >= 11 is 0. The standard InChI is InChI=1S/C25H21N3O3/c1-31-22-13-7-18(8-14-22)25-23(17-28(27-25)20-5-3-2-4-6-20)24(30)15-16-26-19-9-11-21(29)12-10-19/h2-17,26,29H,1H3/b16-15-. The number of phenols is 1. The molecule has 1 heterocycles. The monoisotopic (exact) mass is 411 g/mol. The lowest BCUT2D eigenvalue weighted by molar-refractivity contribution is 0.104. The van der Waals surface area contributed by atoms with Gasteiger partial charge in [0.2, 0.25) is 0 Å². The Morgan fingerprint density at radius 2 is 1.71 bits per heavy atom. The van der Waals surface area contributed by atoms with Gasteiger partial charge in [0.15, 0.2) is 5.78 Å². The maximum Gasteiger partial charge on any atom is 0.191 e. The Hall–Kier alpha value is -4.32. The quantitative estimate of drug-likeness (QED) is 0.252. The van der Waals surface area contributed by atoms with Gasteiger partial charge in [-0.15, -0.1) is 0 Å². The van der Waals surface area contributed by atoms with Gasteiger partial charge in [-0.25, -0.2) is 4.68 Å². The summed E-state index contributed by atoms with van der Waals surface area (Å²) in [6, 6.07) is 23.7. The molecule has 2 N–H and O–H groups in total. The number of benzene rings is 3. The molecule has 4 aromatic rings. The van der Waals surface area contributed by atoms with E-state index in [4.69, 9.17) is 4.74 Å². The number of nitrogens with one attached hydrogen (secondary N) is 1. The highest BCUT2D eigenvalue weighted by Crippen LogP contribution is 2.26. The van der Waals surface area contributed by atoms with Gasteiger partial charge in [0.1, 0.15) is 17.2 Å². The SMILES string of the molecule is COc1ccc(-c2nn(-c3ccccc3)cc2C(=O)/C=C\Nc2ccc(O)cc2)cc1. The summed E-state index contributed by atoms with van der Waals surface area (Å²) in [5.41, 5.74) is 3.52. The van der Waals surface area contributed by atoms with Crippen LogP contribution in [0.5, 0.6) is 11.5 Å². The van der Waals surface area contributed by atoms with Gasteiger partial charge in [0.05, 0.1) is 18.4 Å². The summed E-state index contributed by atoms with van der Waals surface area (Å²) in [7, 11) is 1.61. The first kappa shape index (κ1) is 20.0. The Morgan fingerprint density at radius 1 is 1.00 bits per heavy atom. The smallest absolute Gasteiger partial charge is 0.191 e. The van der Waals surface area contributed by atoms with Gasteiger partial charge in [-0.05, 0) is 60.7 Å². The Kier molecular flexibility index (Phi) is 5.80. The molecule has 6 nitrogen and oxygen atoms in total. The minimum atomic E-state index is -0.181. The summed E-state index contributed by atoms with van der Waals surface area (Å²) in [4.78, 5) is 13.0. The lowest BCUT2D eigenvalue weighted by atomic mass is 10.1. The average Bonchev–Trinajstić information content (AvgIpc) is 3.27. The van der Waals surface area contributed by atoms with E-state index in [0.29, 0.717) is 11.3 Å². The van der Waals surface area contributed by atoms with Crippen LogP contribution in [0.1, 0.15) is 10.4 Å². The van der Waals surface area contributed by atoms with E-state index < -0.39 is 0 Å². The first-order chi connectivity index (χ1) is 15.1. The molecular formula is C25H21N3O3. The van der Waals surface area contributed by atoms with Crippen LogP contribution < -0.4 is 10.1 Å². The Balaban J connectivity index is 1.65. The molecule has 3 aromatic carbocycles. The number of aromatic nitrogens is 2. The topological polar surface area (TPSA) is 76.4 Å². The number of aromatic hydroxyl groups is 1. The third-order valence-electron chi connectivity index (χ3n) is 4.72. The highest BCUT2D eigenvalue weighted by molar-refractivity contribution is 6.08. The minimum Gasteiger partial charge on any atom is -0.508 e. The second-order valence-electron chi connectivity index (χ2n) is 6.79. The molecule has 0 saturated carbocycles. The molecule has 4 rings (SSSR count). The highest BCUT2D eigenvalue weighted by atomic mass is 16.5. The lowest BCUT2D eigenvalue weighted by Crippen LogP contribution is -1.97. The molecule has 0 fully saturated rings. The summed E-state index contributed by atoms with van der Waals surface area (Å²) in [6.07, 6.45) is 4.78. The van der Waals surface area contributed by atoms with Crippen molar-refractivity contribution in [3.63, 3.8) is 0 Å². The van der Waals surface area contributed by atoms with Crippen molar-refractivity contribution in [2.45, 2.75) is 0 Å². The normalized spacial score (nSPS) is 10.9. The van der Waals surface area contributed by atoms with Gasteiger partial charge >= 0.3 is 0 Å². The van der Waals surface area contributed by atoms with Crippen LogP contribution in [-0.4, -0.2) is 27.8 Å². The number of allylic oxidation sites excluding steroid dienone is 1. The first-order valence-electron chi connectivity index (χ1n) is 9.70. The van der Waals surface area contributed by atoms with Crippen LogP contribution >= 0.6 is 0 Å². The Labute approximate surface area is 180 Å². The molecule has 0 aliphatic rings. The number of carbonyl (C=O) groups is 1. The van der Waals surface area contributed by atoms with Crippen molar-refractivity contribution in [2.24, 2.45) is 0 Å². The van der Waals surface area contributed by atoms with Gasteiger partial charge in [0.25, 0.3) is 0 Å². The fourth-order valence-electron chi connectivity index (χ4n) is 3.09. The molecule has 31 heavy (non-hydrogen) atoms. The molecule has 6 heteroatoms. The molecule has 0 aliphatic carbocycles. The predicted octanol–water partition coefficient (Wildman–Crippen LogP) is 5.06. The zero-order chi connectivity index (χ0) is 21.6. The zero-order valence-corrected chi connectivity index (χ0v) is 16.9. The molecule has 0 bridgehead atoms. The van der Waals surface area contributed by atoms with E-state index in [1.165, 1.54) is 6.08 Å². The average molecular weight is 411 g/mol. The van der Waals surface area contributed by atoms with Crippen LogP contribution in [0.15, 0.2) is 97.3 Å². The van der Waals surface area contributed by atoms with Crippen molar-refractivity contribution in [1.82, 2.24) is 9.78 Å². The molecule has 1 aromatic heterocycles. The molecule has 0 amide bonds. The Bertz CT molecular complexity index is 1200. The number of rotatable bonds is 7. The van der Waals surface area contributed by atoms with Crippen LogP contribution in [0.2, 0.25) is 0 Å². The maximum atomic E-state index is 13.0. The van der Waals surface area contributed by atoms with Gasteiger partial charge in [0, 0.05) is 29.7 Å². The van der Waals surface area contributed by atoms with Gasteiger partial charge < -0.3 is 15.2 Å². The number of phenolic OH excluding ortho intramolecular Hbond substituents is 1. The summed E-state index contributed by atoms with van der Waals surface area (Å²) < 4.78 is 6.93. The first-order valence-corrected chi connectivity index (χ1v) is 9.70. The van der Waals surface area contributed by atoms with Crippen LogP contribution in [0.3, 0.4) is 0 Å². The van der Waals surface area contributed by atoms with Crippen LogP contribution in [0, 0.1) is 0 Å². The van der Waals surface area contributed by atoms with E-state index in [9.17, 15) is 9.90 Å². The van der Waals surface area contributed by atoms with Gasteiger partial charge in [-0.2, -0.15) is 5.10 Å². The van der Waals surface area contributed by atoms with Crippen LogP contribution in [0.25, 0.3) is 16.9 Å². The van der Waals surface area contributed by atoms with Crippen molar-refractivity contribution in [3.8, 4) is 28.4 Å². The number of methoxy groups -OCH3 is 1.